The zero-order valence-corrected chi connectivity index (χ0v) is 13.1. The van der Waals surface area contributed by atoms with Crippen molar-refractivity contribution in [1.82, 2.24) is 15.1 Å². The minimum atomic E-state index is -1.09. The molecule has 0 spiro atoms. The zero-order chi connectivity index (χ0) is 15.5. The van der Waals surface area contributed by atoms with Gasteiger partial charge in [-0.3, -0.25) is 5.32 Å². The highest BCUT2D eigenvalue weighted by atomic mass is 32.1. The molecule has 21 heavy (non-hydrogen) atoms. The summed E-state index contributed by atoms with van der Waals surface area (Å²) in [5.74, 6) is -0.927. The molecular formula is C13H20N4O3S. The second-order valence-corrected chi connectivity index (χ2v) is 6.19. The number of aryl methyl sites for hydroxylation is 1. The van der Waals surface area contributed by atoms with Gasteiger partial charge in [0.1, 0.15) is 10.5 Å². The van der Waals surface area contributed by atoms with Crippen LogP contribution in [0.15, 0.2) is 0 Å². The highest BCUT2D eigenvalue weighted by Gasteiger charge is 2.49. The molecule has 7 nitrogen and oxygen atoms in total. The molecule has 116 valence electrons. The van der Waals surface area contributed by atoms with Crippen LogP contribution in [0.1, 0.15) is 44.5 Å². The number of likely N-dealkylation sites (tertiary alicyclic amines) is 1. The topological polar surface area (TPSA) is 95.4 Å². The summed E-state index contributed by atoms with van der Waals surface area (Å²) in [7, 11) is 0. The van der Waals surface area contributed by atoms with Gasteiger partial charge in [-0.1, -0.05) is 31.6 Å². The van der Waals surface area contributed by atoms with Gasteiger partial charge in [0, 0.05) is 6.54 Å². The molecule has 0 aromatic carbocycles. The second kappa shape index (κ2) is 6.38. The van der Waals surface area contributed by atoms with E-state index in [-0.39, 0.29) is 0 Å². The average Bonchev–Trinajstić information content (AvgIpc) is 3.06. The third kappa shape index (κ3) is 2.99. The molecule has 2 heterocycles. The van der Waals surface area contributed by atoms with Gasteiger partial charge in [-0.15, -0.1) is 10.2 Å². The number of urea groups is 1. The van der Waals surface area contributed by atoms with Crippen LogP contribution in [-0.4, -0.2) is 44.3 Å². The molecule has 1 aliphatic rings. The van der Waals surface area contributed by atoms with Gasteiger partial charge in [-0.25, -0.2) is 9.59 Å². The molecule has 2 N–H and O–H groups in total. The molecule has 2 rings (SSSR count). The van der Waals surface area contributed by atoms with Crippen molar-refractivity contribution in [2.45, 2.75) is 51.5 Å². The maximum Gasteiger partial charge on any atom is 0.329 e. The molecule has 1 atom stereocenters. The lowest BCUT2D eigenvalue weighted by Crippen LogP contribution is -2.54. The van der Waals surface area contributed by atoms with Gasteiger partial charge in [0.05, 0.1) is 0 Å². The van der Waals surface area contributed by atoms with Crippen molar-refractivity contribution in [3.63, 3.8) is 0 Å². The molecule has 8 heteroatoms. The first-order valence-corrected chi connectivity index (χ1v) is 7.99. The summed E-state index contributed by atoms with van der Waals surface area (Å²) in [5, 5.41) is 21.3. The summed E-state index contributed by atoms with van der Waals surface area (Å²) >= 11 is 1.31. The normalized spacial score (nSPS) is 21.5. The molecule has 1 aromatic rings. The molecular weight excluding hydrogens is 292 g/mol. The van der Waals surface area contributed by atoms with Crippen LogP contribution in [0.5, 0.6) is 0 Å². The Morgan fingerprint density at radius 3 is 2.76 bits per heavy atom. The standard InChI is InChI=1S/C13H20N4O3S/c1-3-6-13(10(18)19)7-5-8-17(13)12(20)14-11-16-15-9(4-2)21-11/h3-8H2,1-2H3,(H,18,19)(H,14,16,20). The average molecular weight is 312 g/mol. The van der Waals surface area contributed by atoms with Crippen LogP contribution in [0.3, 0.4) is 0 Å². The van der Waals surface area contributed by atoms with Gasteiger partial charge in [0.25, 0.3) is 0 Å². The Morgan fingerprint density at radius 1 is 1.43 bits per heavy atom. The fraction of sp³-hybridized carbons (Fsp3) is 0.692. The number of rotatable bonds is 5. The molecule has 0 radical (unpaired) electrons. The minimum absolute atomic E-state index is 0.401. The van der Waals surface area contributed by atoms with Crippen molar-refractivity contribution in [2.75, 3.05) is 11.9 Å². The van der Waals surface area contributed by atoms with Gasteiger partial charge >= 0.3 is 12.0 Å². The number of anilines is 1. The van der Waals surface area contributed by atoms with E-state index < -0.39 is 17.5 Å². The smallest absolute Gasteiger partial charge is 0.329 e. The lowest BCUT2D eigenvalue weighted by atomic mass is 9.91. The molecule has 2 amide bonds. The number of carboxylic acid groups (broad SMARTS) is 1. The third-order valence-electron chi connectivity index (χ3n) is 3.78. The van der Waals surface area contributed by atoms with E-state index in [1.54, 1.807) is 0 Å². The number of amides is 2. The van der Waals surface area contributed by atoms with Gasteiger partial charge in [-0.2, -0.15) is 0 Å². The maximum atomic E-state index is 12.4. The van der Waals surface area contributed by atoms with Crippen LogP contribution >= 0.6 is 11.3 Å². The SMILES string of the molecule is CCCC1(C(=O)O)CCCN1C(=O)Nc1nnc(CC)s1. The summed E-state index contributed by atoms with van der Waals surface area (Å²) in [6, 6.07) is -0.401. The summed E-state index contributed by atoms with van der Waals surface area (Å²) in [6.45, 7) is 4.35. The molecule has 0 bridgehead atoms. The second-order valence-electron chi connectivity index (χ2n) is 5.13. The van der Waals surface area contributed by atoms with Crippen molar-refractivity contribution in [3.05, 3.63) is 5.01 Å². The zero-order valence-electron chi connectivity index (χ0n) is 12.3. The number of hydrogen-bond acceptors (Lipinski definition) is 5. The quantitative estimate of drug-likeness (QED) is 0.870. The van der Waals surface area contributed by atoms with E-state index in [4.69, 9.17) is 0 Å². The fourth-order valence-electron chi connectivity index (χ4n) is 2.78. The summed E-state index contributed by atoms with van der Waals surface area (Å²) in [4.78, 5) is 25.5. The monoisotopic (exact) mass is 312 g/mol. The number of carbonyl (C=O) groups excluding carboxylic acids is 1. The lowest BCUT2D eigenvalue weighted by molar-refractivity contribution is -0.148. The van der Waals surface area contributed by atoms with Gasteiger partial charge in [0.2, 0.25) is 5.13 Å². The van der Waals surface area contributed by atoms with E-state index in [1.165, 1.54) is 16.2 Å². The number of carbonyl (C=O) groups is 2. The molecule has 1 unspecified atom stereocenters. The van der Waals surface area contributed by atoms with Crippen LogP contribution in [0, 0.1) is 0 Å². The van der Waals surface area contributed by atoms with Crippen molar-refractivity contribution < 1.29 is 14.7 Å². The van der Waals surface area contributed by atoms with E-state index in [1.807, 2.05) is 13.8 Å². The molecule has 1 saturated heterocycles. The Kier molecular flexibility index (Phi) is 4.76. The molecule has 0 saturated carbocycles. The third-order valence-corrected chi connectivity index (χ3v) is 4.76. The van der Waals surface area contributed by atoms with E-state index in [0.717, 1.165) is 17.8 Å². The Labute approximate surface area is 127 Å². The number of aromatic nitrogens is 2. The van der Waals surface area contributed by atoms with Crippen molar-refractivity contribution >= 4 is 28.5 Å². The summed E-state index contributed by atoms with van der Waals surface area (Å²) < 4.78 is 0. The van der Waals surface area contributed by atoms with E-state index in [9.17, 15) is 14.7 Å². The van der Waals surface area contributed by atoms with E-state index in [0.29, 0.717) is 30.9 Å². The number of carboxylic acids is 1. The van der Waals surface area contributed by atoms with Crippen LogP contribution in [0.4, 0.5) is 9.93 Å². The molecule has 0 aliphatic carbocycles. The molecule has 1 fully saturated rings. The Hall–Kier alpha value is -1.70. The van der Waals surface area contributed by atoms with Crippen LogP contribution in [-0.2, 0) is 11.2 Å². The first-order chi connectivity index (χ1) is 10.0. The highest BCUT2D eigenvalue weighted by Crippen LogP contribution is 2.34. The van der Waals surface area contributed by atoms with Crippen molar-refractivity contribution in [1.29, 1.82) is 0 Å². The Morgan fingerprint density at radius 2 is 2.19 bits per heavy atom. The van der Waals surface area contributed by atoms with Gasteiger partial charge in [0.15, 0.2) is 0 Å². The Balaban J connectivity index is 2.14. The van der Waals surface area contributed by atoms with E-state index in [2.05, 4.69) is 15.5 Å². The van der Waals surface area contributed by atoms with Crippen LogP contribution in [0.25, 0.3) is 0 Å². The number of nitrogens with zero attached hydrogens (tertiary/aromatic N) is 3. The first kappa shape index (κ1) is 15.7. The predicted octanol–water partition coefficient (Wildman–Crippen LogP) is 2.35. The predicted molar refractivity (Wildman–Crippen MR) is 79.5 cm³/mol. The summed E-state index contributed by atoms with van der Waals surface area (Å²) in [5.41, 5.74) is -1.09. The van der Waals surface area contributed by atoms with Crippen LogP contribution < -0.4 is 5.32 Å². The van der Waals surface area contributed by atoms with Crippen LogP contribution in [0.2, 0.25) is 0 Å². The number of nitrogens with one attached hydrogen (secondary N) is 1. The van der Waals surface area contributed by atoms with Crippen molar-refractivity contribution in [2.24, 2.45) is 0 Å². The van der Waals surface area contributed by atoms with Crippen molar-refractivity contribution in [3.8, 4) is 0 Å². The summed E-state index contributed by atoms with van der Waals surface area (Å²) in [6.07, 6.45) is 3.14. The number of aliphatic carboxylic acids is 1. The fourth-order valence-corrected chi connectivity index (χ4v) is 3.45. The highest BCUT2D eigenvalue weighted by molar-refractivity contribution is 7.15. The minimum Gasteiger partial charge on any atom is -0.479 e. The maximum absolute atomic E-state index is 12.4. The lowest BCUT2D eigenvalue weighted by Gasteiger charge is -2.34. The van der Waals surface area contributed by atoms with Gasteiger partial charge < -0.3 is 10.0 Å². The molecule has 1 aromatic heterocycles. The van der Waals surface area contributed by atoms with E-state index >= 15 is 0 Å². The molecule has 1 aliphatic heterocycles. The number of hydrogen-bond donors (Lipinski definition) is 2. The largest absolute Gasteiger partial charge is 0.479 e. The first-order valence-electron chi connectivity index (χ1n) is 7.18. The Bertz CT molecular complexity index is 533. The van der Waals surface area contributed by atoms with Gasteiger partial charge in [-0.05, 0) is 25.7 Å².